The number of halogens is 6. The lowest BCUT2D eigenvalue weighted by molar-refractivity contribution is -0.142. The number of nitrogens with two attached hydrogens (primary N) is 1. The third-order valence-corrected chi connectivity index (χ3v) is 13.1. The van der Waals surface area contributed by atoms with E-state index in [1.165, 1.54) is 29.3 Å². The summed E-state index contributed by atoms with van der Waals surface area (Å²) in [5.41, 5.74) is 6.04. The van der Waals surface area contributed by atoms with Crippen molar-refractivity contribution < 1.29 is 59.6 Å². The van der Waals surface area contributed by atoms with E-state index in [-0.39, 0.29) is 54.0 Å². The van der Waals surface area contributed by atoms with Gasteiger partial charge in [-0.2, -0.15) is 36.3 Å². The van der Waals surface area contributed by atoms with E-state index in [9.17, 15) is 31.1 Å². The van der Waals surface area contributed by atoms with Crippen LogP contribution in [0.1, 0.15) is 51.7 Å². The molecule has 12 rings (SSSR count). The molecule has 4 saturated heterocycles. The second-order valence-corrected chi connectivity index (χ2v) is 19.7. The molecule has 412 valence electrons. The number of benzene rings is 2. The van der Waals surface area contributed by atoms with Crippen molar-refractivity contribution in [2.24, 2.45) is 0 Å². The maximum atomic E-state index is 13.5. The standard InChI is InChI=1S/C26H26F3N7O4.C15H13F3N4.C10H15N3O3/c1-25(2)39-14-18(40-25)13-38-20-6-8-30-23(32-20)34-24(37)36-17-7-9-35(12-17)19-11-31-21(33-22(19)36)15-4-3-5-16(10-15)26(27,28)29;16-15(17,18)10-3-1-2-9(6-10)13-19-7-12-14(21-13)20-11-4-5-22(12)8-11;1-10(2)15-6-7(16-10)5-14-8-3-4-12-9(11)13-8/h3-6,8,10-11,17-18H,7,9,12-14H2,1-2H3,(H,30,32,34,37);1-3,6-7,11H,4-5,8H2,(H,19,20,21);3-4,7H,5-6H2,1-2H3,(H2,11,12,13)/t17-,18-;11-;7-/m000/s1. The number of rotatable bonds is 9. The maximum Gasteiger partial charge on any atom is 0.416 e. The molecule has 2 amide bonds. The summed E-state index contributed by atoms with van der Waals surface area (Å²) in [7, 11) is 0. The first-order chi connectivity index (χ1) is 37.1. The van der Waals surface area contributed by atoms with Crippen LogP contribution in [-0.2, 0) is 31.3 Å². The number of fused-ring (bicyclic) bond motifs is 8. The molecule has 2 aromatic carbocycles. The fourth-order valence-corrected chi connectivity index (χ4v) is 9.45. The van der Waals surface area contributed by atoms with Crippen molar-refractivity contribution in [1.82, 2.24) is 39.9 Å². The molecular weight excluding hydrogens is 1030 g/mol. The fraction of sp³-hybridized carbons (Fsp3) is 0.431. The Labute approximate surface area is 442 Å². The lowest BCUT2D eigenvalue weighted by atomic mass is 10.1. The van der Waals surface area contributed by atoms with E-state index in [1.807, 2.05) is 27.7 Å². The summed E-state index contributed by atoms with van der Waals surface area (Å²) in [4.78, 5) is 52.9. The number of hydrogen-bond donors (Lipinski definition) is 3. The number of amides is 2. The van der Waals surface area contributed by atoms with Gasteiger partial charge in [-0.05, 0) is 64.8 Å². The van der Waals surface area contributed by atoms with Gasteiger partial charge in [-0.25, -0.2) is 34.7 Å². The van der Waals surface area contributed by atoms with Crippen LogP contribution >= 0.6 is 0 Å². The van der Waals surface area contributed by atoms with Crippen LogP contribution in [0.25, 0.3) is 22.8 Å². The van der Waals surface area contributed by atoms with Gasteiger partial charge in [0.05, 0.1) is 54.2 Å². The van der Waals surface area contributed by atoms with Crippen molar-refractivity contribution in [1.29, 1.82) is 0 Å². The van der Waals surface area contributed by atoms with Crippen LogP contribution in [0, 0.1) is 0 Å². The van der Waals surface area contributed by atoms with Crippen molar-refractivity contribution >= 4 is 40.9 Å². The molecule has 0 saturated carbocycles. The van der Waals surface area contributed by atoms with Crippen LogP contribution in [0.2, 0.25) is 0 Å². The Kier molecular flexibility index (Phi) is 14.8. The lowest BCUT2D eigenvalue weighted by Crippen LogP contribution is -2.48. The van der Waals surface area contributed by atoms with Gasteiger partial charge in [-0.1, -0.05) is 24.3 Å². The summed E-state index contributed by atoms with van der Waals surface area (Å²) in [6, 6.07) is 12.7. The molecular formula is C51H54F6N14O7. The average molecular weight is 1090 g/mol. The Balaban J connectivity index is 0.000000151. The Hall–Kier alpha value is -7.75. The first-order valence-corrected chi connectivity index (χ1v) is 24.9. The molecule has 4 fully saturated rings. The minimum Gasteiger partial charge on any atom is -0.475 e. The average Bonchev–Trinajstić information content (AvgIpc) is 4.33. The summed E-state index contributed by atoms with van der Waals surface area (Å²) >= 11 is 0. The second kappa shape index (κ2) is 21.6. The summed E-state index contributed by atoms with van der Waals surface area (Å²) < 4.78 is 112. The van der Waals surface area contributed by atoms with Gasteiger partial charge < -0.3 is 49.3 Å². The van der Waals surface area contributed by atoms with Gasteiger partial charge in [0.25, 0.3) is 0 Å². The molecule has 4 atom stereocenters. The number of anilines is 6. The highest BCUT2D eigenvalue weighted by molar-refractivity contribution is 6.03. The Morgan fingerprint density at radius 1 is 0.718 bits per heavy atom. The molecule has 0 unspecified atom stereocenters. The lowest BCUT2D eigenvalue weighted by Gasteiger charge is -2.35. The second-order valence-electron chi connectivity index (χ2n) is 19.7. The summed E-state index contributed by atoms with van der Waals surface area (Å²) in [6.07, 6.45) is -1.25. The number of alkyl halides is 6. The molecule has 27 heteroatoms. The molecule has 6 aliphatic heterocycles. The van der Waals surface area contributed by atoms with Crippen LogP contribution in [0.4, 0.5) is 66.0 Å². The van der Waals surface area contributed by atoms with Gasteiger partial charge in [0.2, 0.25) is 23.7 Å². The van der Waals surface area contributed by atoms with Crippen LogP contribution in [0.5, 0.6) is 11.8 Å². The van der Waals surface area contributed by atoms with Gasteiger partial charge in [0, 0.05) is 67.9 Å². The molecule has 78 heavy (non-hydrogen) atoms. The monoisotopic (exact) mass is 1090 g/mol. The van der Waals surface area contributed by atoms with Gasteiger partial charge in [-0.3, -0.25) is 10.2 Å². The molecule has 4 bridgehead atoms. The Bertz CT molecular complexity index is 3140. The normalized spacial score (nSPS) is 21.3. The van der Waals surface area contributed by atoms with Crippen LogP contribution in [-0.4, -0.2) is 134 Å². The Morgan fingerprint density at radius 2 is 1.28 bits per heavy atom. The number of hydrogen-bond acceptors (Lipinski definition) is 19. The van der Waals surface area contributed by atoms with E-state index in [2.05, 4.69) is 60.3 Å². The number of urea groups is 1. The number of nitrogens with one attached hydrogen (secondary N) is 2. The molecule has 4 aromatic heterocycles. The van der Waals surface area contributed by atoms with E-state index in [0.717, 1.165) is 49.5 Å². The molecule has 4 N–H and O–H groups in total. The number of aromatic nitrogens is 8. The van der Waals surface area contributed by atoms with Crippen molar-refractivity contribution in [3.05, 3.63) is 96.6 Å². The smallest absolute Gasteiger partial charge is 0.416 e. The minimum atomic E-state index is -4.51. The third kappa shape index (κ3) is 12.6. The predicted octanol–water partition coefficient (Wildman–Crippen LogP) is 7.87. The first-order valence-electron chi connectivity index (χ1n) is 24.9. The van der Waals surface area contributed by atoms with Crippen molar-refractivity contribution in [2.45, 2.75) is 88.8 Å². The highest BCUT2D eigenvalue weighted by Gasteiger charge is 2.42. The highest BCUT2D eigenvalue weighted by Crippen LogP contribution is 2.41. The molecule has 0 aliphatic carbocycles. The number of ether oxygens (including phenoxy) is 6. The maximum absolute atomic E-state index is 13.5. The van der Waals surface area contributed by atoms with Crippen LogP contribution in [0.3, 0.4) is 0 Å². The zero-order valence-electron chi connectivity index (χ0n) is 42.6. The number of nitrogen functional groups attached to an aromatic ring is 1. The van der Waals surface area contributed by atoms with Gasteiger partial charge in [0.15, 0.2) is 34.9 Å². The van der Waals surface area contributed by atoms with Gasteiger partial charge in [-0.15, -0.1) is 0 Å². The van der Waals surface area contributed by atoms with Gasteiger partial charge in [0.1, 0.15) is 25.4 Å². The summed E-state index contributed by atoms with van der Waals surface area (Å²) in [5, 5.41) is 6.03. The van der Waals surface area contributed by atoms with E-state index in [0.29, 0.717) is 80.0 Å². The van der Waals surface area contributed by atoms with E-state index in [4.69, 9.17) is 34.2 Å². The molecule has 6 aliphatic rings. The molecule has 10 heterocycles. The van der Waals surface area contributed by atoms with Gasteiger partial charge >= 0.3 is 18.4 Å². The zero-order valence-corrected chi connectivity index (χ0v) is 42.6. The summed E-state index contributed by atoms with van der Waals surface area (Å²) in [5.74, 6) is 1.11. The topological polar surface area (TPSA) is 235 Å². The largest absolute Gasteiger partial charge is 0.475 e. The quantitative estimate of drug-likeness (QED) is 0.117. The molecule has 21 nitrogen and oxygen atoms in total. The van der Waals surface area contributed by atoms with Crippen LogP contribution in [0.15, 0.2) is 85.5 Å². The third-order valence-electron chi connectivity index (χ3n) is 13.1. The number of carbonyl (C=O) groups excluding carboxylic acids is 1. The fourth-order valence-electron chi connectivity index (χ4n) is 9.45. The van der Waals surface area contributed by atoms with Crippen molar-refractivity contribution in [3.63, 3.8) is 0 Å². The first kappa shape index (κ1) is 53.6. The van der Waals surface area contributed by atoms with Crippen molar-refractivity contribution in [2.75, 3.05) is 83.7 Å². The molecule has 6 aromatic rings. The van der Waals surface area contributed by atoms with E-state index < -0.39 is 41.1 Å². The number of carbonyl (C=O) groups is 1. The SMILES string of the molecule is CC1(C)OC[C@H](COc2ccnc(N)n2)O1.CC1(C)OC[C@H](COc2ccnc(NC(=O)N3c4nc(-c5cccc(C(F)(F)F)c5)ncc4N4CC[C@H]3C4)n2)O1.FC(F)(F)c1cccc(-c2ncc3c(n2)N[C@H]2CCN3C2)c1. The van der Waals surface area contributed by atoms with E-state index >= 15 is 0 Å². The van der Waals surface area contributed by atoms with Crippen molar-refractivity contribution in [3.8, 4) is 34.5 Å². The predicted molar refractivity (Wildman–Crippen MR) is 271 cm³/mol. The molecule has 0 spiro atoms. The minimum absolute atomic E-state index is 0.0283. The zero-order chi connectivity index (χ0) is 55.0. The number of nitrogens with zero attached hydrogens (tertiary/aromatic N) is 11. The highest BCUT2D eigenvalue weighted by atomic mass is 19.4. The van der Waals surface area contributed by atoms with E-state index in [1.54, 1.807) is 36.8 Å². The molecule has 0 radical (unpaired) electrons. The summed E-state index contributed by atoms with van der Waals surface area (Å²) in [6.45, 7) is 12.0. The van der Waals surface area contributed by atoms with Crippen LogP contribution < -0.4 is 40.5 Å². The Morgan fingerprint density at radius 3 is 1.87 bits per heavy atom.